The van der Waals surface area contributed by atoms with Crippen LogP contribution in [0.1, 0.15) is 34.6 Å². The van der Waals surface area contributed by atoms with Crippen molar-refractivity contribution in [2.24, 2.45) is 0 Å². The van der Waals surface area contributed by atoms with Crippen LogP contribution in [0.3, 0.4) is 0 Å². The summed E-state index contributed by atoms with van der Waals surface area (Å²) in [6, 6.07) is 16.6. The second kappa shape index (κ2) is 13.0. The van der Waals surface area contributed by atoms with Gasteiger partial charge in [-0.25, -0.2) is 19.2 Å². The summed E-state index contributed by atoms with van der Waals surface area (Å²) < 4.78 is 20.0. The lowest BCUT2D eigenvalue weighted by atomic mass is 10.2. The van der Waals surface area contributed by atoms with Crippen LogP contribution in [0.4, 0.5) is 9.59 Å². The molecule has 0 heterocycles. The first-order valence-electron chi connectivity index (χ1n) is 9.65. The molecule has 0 aromatic heterocycles. The van der Waals surface area contributed by atoms with E-state index in [1.54, 1.807) is 60.7 Å². The molecule has 0 saturated heterocycles. The Morgan fingerprint density at radius 2 is 1.22 bits per heavy atom. The maximum absolute atomic E-state index is 11.9. The van der Waals surface area contributed by atoms with Gasteiger partial charge in [-0.05, 0) is 36.0 Å². The van der Waals surface area contributed by atoms with Crippen molar-refractivity contribution >= 4 is 35.1 Å². The summed E-state index contributed by atoms with van der Waals surface area (Å²) in [5.74, 6) is -1.04. The fourth-order valence-corrected chi connectivity index (χ4v) is 2.86. The molecule has 10 heteroatoms. The second-order valence-corrected chi connectivity index (χ2v) is 7.26. The van der Waals surface area contributed by atoms with Crippen LogP contribution in [0.25, 0.3) is 0 Å². The number of nitrogens with one attached hydrogen (secondary N) is 1. The number of alkyl carbamates (subject to hydrolysis) is 1. The molecule has 0 fully saturated rings. The summed E-state index contributed by atoms with van der Waals surface area (Å²) in [6.45, 7) is 2.92. The molecule has 32 heavy (non-hydrogen) atoms. The number of hydrogen-bond acceptors (Lipinski definition) is 9. The van der Waals surface area contributed by atoms with Crippen LogP contribution in [0, 0.1) is 0 Å². The molecule has 2 aromatic rings. The molecule has 0 aliphatic heterocycles. The highest BCUT2D eigenvalue weighted by atomic mass is 32.2. The van der Waals surface area contributed by atoms with Crippen LogP contribution in [0.2, 0.25) is 0 Å². The topological polar surface area (TPSA) is 117 Å². The molecule has 0 saturated carbocycles. The van der Waals surface area contributed by atoms with Crippen LogP contribution in [0.15, 0.2) is 60.7 Å². The van der Waals surface area contributed by atoms with E-state index >= 15 is 0 Å². The van der Waals surface area contributed by atoms with Crippen molar-refractivity contribution in [2.75, 3.05) is 12.3 Å². The predicted molar refractivity (Wildman–Crippen MR) is 116 cm³/mol. The fraction of sp³-hybridized carbons (Fsp3) is 0.273. The van der Waals surface area contributed by atoms with Crippen molar-refractivity contribution in [3.05, 3.63) is 71.8 Å². The van der Waals surface area contributed by atoms with E-state index in [9.17, 15) is 19.2 Å². The van der Waals surface area contributed by atoms with Crippen molar-refractivity contribution in [1.82, 2.24) is 5.32 Å². The first-order valence-corrected chi connectivity index (χ1v) is 10.6. The van der Waals surface area contributed by atoms with Crippen molar-refractivity contribution in [3.8, 4) is 0 Å². The van der Waals surface area contributed by atoms with E-state index in [2.05, 4.69) is 5.32 Å². The molecule has 9 nitrogen and oxygen atoms in total. The minimum atomic E-state index is -1.10. The molecule has 170 valence electrons. The van der Waals surface area contributed by atoms with Crippen molar-refractivity contribution < 1.29 is 38.1 Å². The van der Waals surface area contributed by atoms with E-state index in [-0.39, 0.29) is 12.3 Å². The summed E-state index contributed by atoms with van der Waals surface area (Å²) in [5, 5.41) is 1.75. The smallest absolute Gasteiger partial charge is 0.410 e. The Morgan fingerprint density at radius 1 is 0.750 bits per heavy atom. The molecule has 0 aliphatic carbocycles. The van der Waals surface area contributed by atoms with Gasteiger partial charge in [-0.2, -0.15) is 0 Å². The number of benzene rings is 2. The predicted octanol–water partition coefficient (Wildman–Crippen LogP) is 3.99. The molecular weight excluding hydrogens is 438 g/mol. The molecule has 2 unspecified atom stereocenters. The lowest BCUT2D eigenvalue weighted by Gasteiger charge is -2.15. The molecule has 0 aliphatic rings. The van der Waals surface area contributed by atoms with Crippen LogP contribution in [0.5, 0.6) is 0 Å². The summed E-state index contributed by atoms with van der Waals surface area (Å²) in [6.07, 6.45) is -2.97. The summed E-state index contributed by atoms with van der Waals surface area (Å²) in [5.41, 5.74) is 0.677. The normalized spacial score (nSPS) is 12.1. The lowest BCUT2D eigenvalue weighted by Crippen LogP contribution is -2.31. The van der Waals surface area contributed by atoms with E-state index in [1.807, 2.05) is 0 Å². The zero-order chi connectivity index (χ0) is 23.3. The monoisotopic (exact) mass is 461 g/mol. The summed E-state index contributed by atoms with van der Waals surface area (Å²) in [7, 11) is 0. The minimum absolute atomic E-state index is 0.0934. The van der Waals surface area contributed by atoms with Crippen LogP contribution < -0.4 is 5.32 Å². The van der Waals surface area contributed by atoms with E-state index < -0.39 is 35.9 Å². The Labute approximate surface area is 189 Å². The molecule has 1 N–H and O–H groups in total. The van der Waals surface area contributed by atoms with Gasteiger partial charge < -0.3 is 24.3 Å². The largest absolute Gasteiger partial charge is 0.422 e. The Morgan fingerprint density at radius 3 is 1.72 bits per heavy atom. The Hall–Kier alpha value is -3.53. The number of carbonyl (C=O) groups excluding carboxylic acids is 4. The molecule has 0 bridgehead atoms. The highest BCUT2D eigenvalue weighted by molar-refractivity contribution is 8.13. The molecule has 0 spiro atoms. The van der Waals surface area contributed by atoms with E-state index in [0.717, 1.165) is 11.8 Å². The zero-order valence-electron chi connectivity index (χ0n) is 17.5. The van der Waals surface area contributed by atoms with Gasteiger partial charge in [-0.15, -0.1) is 0 Å². The number of ether oxygens (including phenoxy) is 4. The van der Waals surface area contributed by atoms with Crippen LogP contribution >= 0.6 is 11.8 Å². The number of esters is 2. The van der Waals surface area contributed by atoms with Crippen molar-refractivity contribution in [1.29, 1.82) is 0 Å². The summed E-state index contributed by atoms with van der Waals surface area (Å²) >= 11 is 0.788. The maximum Gasteiger partial charge on any atom is 0.410 e. The number of carbonyl (C=O) groups is 4. The number of hydrogen-bond donors (Lipinski definition) is 1. The van der Waals surface area contributed by atoms with E-state index in [1.165, 1.54) is 13.8 Å². The number of thioether (sulfide) groups is 1. The summed E-state index contributed by atoms with van der Waals surface area (Å²) in [4.78, 5) is 47.3. The molecule has 1 amide bonds. The first-order chi connectivity index (χ1) is 15.3. The van der Waals surface area contributed by atoms with Crippen LogP contribution in [-0.2, 0) is 18.9 Å². The van der Waals surface area contributed by atoms with Crippen molar-refractivity contribution in [2.45, 2.75) is 26.4 Å². The third kappa shape index (κ3) is 9.09. The van der Waals surface area contributed by atoms with Gasteiger partial charge >= 0.3 is 23.3 Å². The van der Waals surface area contributed by atoms with Gasteiger partial charge in [0.15, 0.2) is 0 Å². The van der Waals surface area contributed by atoms with E-state index in [0.29, 0.717) is 11.1 Å². The standard InChI is InChI=1S/C22H23NO8S/c1-15(28-19(24)17-9-5-3-6-10-17)30-21(26)23-13-14-32-22(27)31-16(2)29-20(25)18-11-7-4-8-12-18/h3-12,15-16H,13-14H2,1-2H3,(H,23,26). The van der Waals surface area contributed by atoms with Gasteiger partial charge in [-0.1, -0.05) is 36.4 Å². The average Bonchev–Trinajstić information content (AvgIpc) is 2.77. The van der Waals surface area contributed by atoms with Gasteiger partial charge in [0.25, 0.3) is 0 Å². The van der Waals surface area contributed by atoms with Gasteiger partial charge in [0, 0.05) is 26.1 Å². The maximum atomic E-state index is 11.9. The zero-order valence-corrected chi connectivity index (χ0v) is 18.3. The van der Waals surface area contributed by atoms with Gasteiger partial charge in [0.2, 0.25) is 12.6 Å². The second-order valence-electron chi connectivity index (χ2n) is 6.23. The Kier molecular flexibility index (Phi) is 10.1. The minimum Gasteiger partial charge on any atom is -0.422 e. The highest BCUT2D eigenvalue weighted by Crippen LogP contribution is 2.10. The van der Waals surface area contributed by atoms with E-state index in [4.69, 9.17) is 18.9 Å². The average molecular weight is 461 g/mol. The third-order valence-electron chi connectivity index (χ3n) is 3.69. The van der Waals surface area contributed by atoms with Crippen LogP contribution in [-0.4, -0.2) is 48.2 Å². The number of rotatable bonds is 9. The first kappa shape index (κ1) is 24.7. The third-order valence-corrected chi connectivity index (χ3v) is 4.43. The highest BCUT2D eigenvalue weighted by Gasteiger charge is 2.17. The Bertz CT molecular complexity index is 831. The molecule has 2 aromatic carbocycles. The number of amides is 1. The van der Waals surface area contributed by atoms with Gasteiger partial charge in [0.1, 0.15) is 0 Å². The molecular formula is C22H23NO8S. The molecule has 0 radical (unpaired) electrons. The molecule has 2 rings (SSSR count). The van der Waals surface area contributed by atoms with Crippen molar-refractivity contribution in [3.63, 3.8) is 0 Å². The molecule has 2 atom stereocenters. The SMILES string of the molecule is CC(OC(=O)NCCSC(=O)OC(C)OC(=O)c1ccccc1)OC(=O)c1ccccc1. The fourth-order valence-electron chi connectivity index (χ4n) is 2.28. The van der Waals surface area contributed by atoms with Gasteiger partial charge in [0.05, 0.1) is 11.1 Å². The Balaban J connectivity index is 1.58. The lowest BCUT2D eigenvalue weighted by molar-refractivity contribution is -0.0602. The van der Waals surface area contributed by atoms with Gasteiger partial charge in [-0.3, -0.25) is 0 Å². The quantitative estimate of drug-likeness (QED) is 0.336.